The van der Waals surface area contributed by atoms with Crippen molar-refractivity contribution in [2.24, 2.45) is 5.92 Å². The van der Waals surface area contributed by atoms with E-state index in [1.165, 1.54) is 6.07 Å². The number of piperidine rings is 1. The topological polar surface area (TPSA) is 44.8 Å². The summed E-state index contributed by atoms with van der Waals surface area (Å²) in [6, 6.07) is 6.99. The smallest absolute Gasteiger partial charge is 0.317 e. The summed E-state index contributed by atoms with van der Waals surface area (Å²) in [6.45, 7) is 7.21. The molecule has 3 rings (SSSR count). The molecule has 1 aromatic rings. The van der Waals surface area contributed by atoms with Crippen LogP contribution >= 0.6 is 0 Å². The van der Waals surface area contributed by atoms with Gasteiger partial charge in [0.05, 0.1) is 12.7 Å². The highest BCUT2D eigenvalue weighted by molar-refractivity contribution is 5.74. The highest BCUT2D eigenvalue weighted by Gasteiger charge is 2.24. The first-order valence-electron chi connectivity index (χ1n) is 9.22. The third-order valence-electron chi connectivity index (χ3n) is 5.13. The Morgan fingerprint density at radius 1 is 1.28 bits per heavy atom. The summed E-state index contributed by atoms with van der Waals surface area (Å²) in [4.78, 5) is 16.4. The van der Waals surface area contributed by atoms with Crippen LogP contribution in [-0.2, 0) is 11.3 Å². The van der Waals surface area contributed by atoms with Gasteiger partial charge in [-0.1, -0.05) is 18.2 Å². The van der Waals surface area contributed by atoms with Crippen LogP contribution in [-0.4, -0.2) is 61.3 Å². The Balaban J connectivity index is 1.38. The summed E-state index contributed by atoms with van der Waals surface area (Å²) >= 11 is 0. The van der Waals surface area contributed by atoms with Crippen LogP contribution < -0.4 is 5.32 Å². The fraction of sp³-hybridized carbons (Fsp3) is 0.632. The maximum atomic E-state index is 13.7. The van der Waals surface area contributed by atoms with Gasteiger partial charge in [-0.25, -0.2) is 9.18 Å². The van der Waals surface area contributed by atoms with E-state index in [1.807, 2.05) is 24.0 Å². The second-order valence-corrected chi connectivity index (χ2v) is 7.12. The number of ether oxygens (including phenoxy) is 1. The van der Waals surface area contributed by atoms with Crippen molar-refractivity contribution < 1.29 is 13.9 Å². The van der Waals surface area contributed by atoms with Crippen LogP contribution in [0.1, 0.15) is 25.3 Å². The van der Waals surface area contributed by atoms with Gasteiger partial charge in [-0.05, 0) is 44.8 Å². The first-order chi connectivity index (χ1) is 12.1. The van der Waals surface area contributed by atoms with Crippen LogP contribution in [0.3, 0.4) is 0 Å². The summed E-state index contributed by atoms with van der Waals surface area (Å²) in [5, 5.41) is 3.07. The number of morpholine rings is 1. The highest BCUT2D eigenvalue weighted by atomic mass is 19.1. The molecule has 138 valence electrons. The number of hydrogen-bond donors (Lipinski definition) is 1. The first-order valence-corrected chi connectivity index (χ1v) is 9.22. The minimum Gasteiger partial charge on any atom is -0.375 e. The van der Waals surface area contributed by atoms with E-state index >= 15 is 0 Å². The van der Waals surface area contributed by atoms with Crippen molar-refractivity contribution in [2.45, 2.75) is 32.4 Å². The molecule has 1 aromatic carbocycles. The molecule has 5 nitrogen and oxygen atoms in total. The third kappa shape index (κ3) is 5.16. The number of carbonyl (C=O) groups is 1. The molecule has 2 saturated heterocycles. The van der Waals surface area contributed by atoms with E-state index in [-0.39, 0.29) is 18.0 Å². The van der Waals surface area contributed by atoms with E-state index in [9.17, 15) is 9.18 Å². The van der Waals surface area contributed by atoms with Crippen molar-refractivity contribution in [3.8, 4) is 0 Å². The molecule has 25 heavy (non-hydrogen) atoms. The zero-order valence-electron chi connectivity index (χ0n) is 14.9. The minimum absolute atomic E-state index is 0.0175. The Bertz CT molecular complexity index is 576. The zero-order chi connectivity index (χ0) is 17.6. The number of carbonyl (C=O) groups excluding carboxylic acids is 1. The lowest BCUT2D eigenvalue weighted by atomic mass is 9.96. The lowest BCUT2D eigenvalue weighted by molar-refractivity contribution is -0.00367. The van der Waals surface area contributed by atoms with Crippen molar-refractivity contribution in [1.29, 1.82) is 0 Å². The van der Waals surface area contributed by atoms with Gasteiger partial charge in [-0.15, -0.1) is 0 Å². The van der Waals surface area contributed by atoms with Gasteiger partial charge in [0.1, 0.15) is 5.82 Å². The predicted octanol–water partition coefficient (Wildman–Crippen LogP) is 2.47. The number of nitrogens with zero attached hydrogens (tertiary/aromatic N) is 2. The van der Waals surface area contributed by atoms with E-state index in [4.69, 9.17) is 4.74 Å². The predicted molar refractivity (Wildman–Crippen MR) is 94.8 cm³/mol. The zero-order valence-corrected chi connectivity index (χ0v) is 14.9. The number of urea groups is 1. The van der Waals surface area contributed by atoms with Gasteiger partial charge in [-0.3, -0.25) is 4.90 Å². The maximum absolute atomic E-state index is 13.7. The van der Waals surface area contributed by atoms with Gasteiger partial charge in [0.2, 0.25) is 0 Å². The minimum atomic E-state index is -0.128. The van der Waals surface area contributed by atoms with Crippen molar-refractivity contribution in [3.63, 3.8) is 0 Å². The van der Waals surface area contributed by atoms with E-state index in [1.54, 1.807) is 6.07 Å². The average molecular weight is 349 g/mol. The summed E-state index contributed by atoms with van der Waals surface area (Å²) in [7, 11) is 0. The SMILES string of the molecule is C[C@H]1CN(C(=O)NCC2CCN(Cc3ccccc3F)CC2)CCO1. The number of likely N-dealkylation sites (tertiary alicyclic amines) is 1. The molecule has 0 radical (unpaired) electrons. The van der Waals surface area contributed by atoms with E-state index in [0.29, 0.717) is 32.2 Å². The Hall–Kier alpha value is -1.66. The maximum Gasteiger partial charge on any atom is 0.317 e. The molecule has 2 heterocycles. The summed E-state index contributed by atoms with van der Waals surface area (Å²) < 4.78 is 19.2. The number of benzene rings is 1. The number of halogens is 1. The molecule has 2 fully saturated rings. The molecule has 0 bridgehead atoms. The molecule has 0 spiro atoms. The lowest BCUT2D eigenvalue weighted by Gasteiger charge is -2.34. The summed E-state index contributed by atoms with van der Waals surface area (Å²) in [6.07, 6.45) is 2.18. The molecule has 0 aliphatic carbocycles. The van der Waals surface area contributed by atoms with Crippen LogP contribution in [0.15, 0.2) is 24.3 Å². The summed E-state index contributed by atoms with van der Waals surface area (Å²) in [5.74, 6) is 0.371. The fourth-order valence-electron chi connectivity index (χ4n) is 3.56. The van der Waals surface area contributed by atoms with Crippen molar-refractivity contribution in [3.05, 3.63) is 35.6 Å². The number of hydrogen-bond acceptors (Lipinski definition) is 3. The Labute approximate surface area is 149 Å². The third-order valence-corrected chi connectivity index (χ3v) is 5.13. The highest BCUT2D eigenvalue weighted by Crippen LogP contribution is 2.19. The van der Waals surface area contributed by atoms with Gasteiger partial charge in [0, 0.05) is 31.7 Å². The molecule has 1 N–H and O–H groups in total. The fourth-order valence-corrected chi connectivity index (χ4v) is 3.56. The van der Waals surface area contributed by atoms with Gasteiger partial charge in [0.15, 0.2) is 0 Å². The van der Waals surface area contributed by atoms with Crippen molar-refractivity contribution in [1.82, 2.24) is 15.1 Å². The molecule has 0 saturated carbocycles. The molecular weight excluding hydrogens is 321 g/mol. The second-order valence-electron chi connectivity index (χ2n) is 7.12. The molecule has 6 heteroatoms. The largest absolute Gasteiger partial charge is 0.375 e. The molecule has 2 aliphatic rings. The van der Waals surface area contributed by atoms with Gasteiger partial charge < -0.3 is 15.0 Å². The Morgan fingerprint density at radius 2 is 2.04 bits per heavy atom. The van der Waals surface area contributed by atoms with E-state index in [0.717, 1.165) is 38.0 Å². The Kier molecular flexibility index (Phi) is 6.26. The van der Waals surface area contributed by atoms with Crippen LogP contribution in [0.4, 0.5) is 9.18 Å². The number of amides is 2. The normalized spacial score (nSPS) is 22.8. The van der Waals surface area contributed by atoms with Crippen LogP contribution in [0.5, 0.6) is 0 Å². The van der Waals surface area contributed by atoms with Gasteiger partial charge >= 0.3 is 6.03 Å². The number of nitrogens with one attached hydrogen (secondary N) is 1. The van der Waals surface area contributed by atoms with Crippen LogP contribution in [0.2, 0.25) is 0 Å². The standard InChI is InChI=1S/C19H28FN3O2/c1-15-13-23(10-11-25-15)19(24)21-12-16-6-8-22(9-7-16)14-17-4-2-3-5-18(17)20/h2-5,15-16H,6-14H2,1H3,(H,21,24)/t15-/m0/s1. The molecule has 2 amide bonds. The second kappa shape index (κ2) is 8.63. The van der Waals surface area contributed by atoms with Crippen LogP contribution in [0, 0.1) is 11.7 Å². The molecular formula is C19H28FN3O2. The van der Waals surface area contributed by atoms with Crippen LogP contribution in [0.25, 0.3) is 0 Å². The van der Waals surface area contributed by atoms with Crippen molar-refractivity contribution >= 4 is 6.03 Å². The van der Waals surface area contributed by atoms with Gasteiger partial charge in [0.25, 0.3) is 0 Å². The quantitative estimate of drug-likeness (QED) is 0.908. The van der Waals surface area contributed by atoms with Gasteiger partial charge in [-0.2, -0.15) is 0 Å². The lowest BCUT2D eigenvalue weighted by Crippen LogP contribution is -2.50. The van der Waals surface area contributed by atoms with E-state index in [2.05, 4.69) is 10.2 Å². The number of rotatable bonds is 4. The van der Waals surface area contributed by atoms with E-state index < -0.39 is 0 Å². The van der Waals surface area contributed by atoms with Crippen molar-refractivity contribution in [2.75, 3.05) is 39.3 Å². The summed E-state index contributed by atoms with van der Waals surface area (Å²) in [5.41, 5.74) is 0.760. The molecule has 0 aromatic heterocycles. The molecule has 2 aliphatic heterocycles. The average Bonchev–Trinajstić information content (AvgIpc) is 2.63. The molecule has 1 atom stereocenters. The molecule has 0 unspecified atom stereocenters. The monoisotopic (exact) mass is 349 g/mol. The first kappa shape index (κ1) is 18.1. The Morgan fingerprint density at radius 3 is 2.76 bits per heavy atom.